The third-order valence-electron chi connectivity index (χ3n) is 1.58. The first kappa shape index (κ1) is 14.1. The molecule has 0 amide bonds. The average molecular weight is 218 g/mol. The zero-order valence-corrected chi connectivity index (χ0v) is 9.45. The molecule has 0 saturated heterocycles. The summed E-state index contributed by atoms with van der Waals surface area (Å²) in [5, 5.41) is 0. The van der Waals surface area contributed by atoms with E-state index in [2.05, 4.69) is 6.58 Å². The van der Waals surface area contributed by atoms with Gasteiger partial charge in [-0.1, -0.05) is 6.58 Å². The van der Waals surface area contributed by atoms with Crippen LogP contribution in [0.15, 0.2) is 12.7 Å². The van der Waals surface area contributed by atoms with Gasteiger partial charge in [0.15, 0.2) is 0 Å². The second kappa shape index (κ2) is 7.39. The Hall–Kier alpha value is -0.910. The molecule has 15 heavy (non-hydrogen) atoms. The molecule has 0 saturated carbocycles. The highest BCUT2D eigenvalue weighted by Crippen LogP contribution is 2.15. The zero-order chi connectivity index (χ0) is 11.7. The van der Waals surface area contributed by atoms with Gasteiger partial charge >= 0.3 is 11.9 Å². The van der Waals surface area contributed by atoms with Crippen LogP contribution in [0, 0.1) is 0 Å². The summed E-state index contributed by atoms with van der Waals surface area (Å²) in [5.41, 5.74) is 0. The van der Waals surface area contributed by atoms with Crippen LogP contribution >= 0.6 is 0 Å². The second-order valence-electron chi connectivity index (χ2n) is 2.58. The SMILES string of the molecule is C=CC(=O)OC(COCC)(OC)OCC. The van der Waals surface area contributed by atoms with Crippen LogP contribution in [-0.4, -0.2) is 38.9 Å². The van der Waals surface area contributed by atoms with Crippen molar-refractivity contribution in [3.05, 3.63) is 12.7 Å². The van der Waals surface area contributed by atoms with Gasteiger partial charge < -0.3 is 18.9 Å². The molecule has 0 heterocycles. The molecule has 0 aromatic rings. The van der Waals surface area contributed by atoms with Crippen LogP contribution in [0.3, 0.4) is 0 Å². The first-order chi connectivity index (χ1) is 7.14. The normalized spacial score (nSPS) is 14.3. The molecule has 0 aromatic carbocycles. The number of ether oxygens (including phenoxy) is 4. The maximum absolute atomic E-state index is 11.1. The molecular formula is C10H18O5. The summed E-state index contributed by atoms with van der Waals surface area (Å²) in [7, 11) is 1.38. The van der Waals surface area contributed by atoms with Gasteiger partial charge in [-0.3, -0.25) is 0 Å². The van der Waals surface area contributed by atoms with Gasteiger partial charge in [0.1, 0.15) is 6.61 Å². The van der Waals surface area contributed by atoms with Crippen molar-refractivity contribution in [1.82, 2.24) is 0 Å². The van der Waals surface area contributed by atoms with Crippen LogP contribution in [0.5, 0.6) is 0 Å². The van der Waals surface area contributed by atoms with E-state index in [1.165, 1.54) is 7.11 Å². The molecule has 0 radical (unpaired) electrons. The third-order valence-corrected chi connectivity index (χ3v) is 1.58. The fourth-order valence-corrected chi connectivity index (χ4v) is 0.902. The number of carbonyl (C=O) groups excluding carboxylic acids is 1. The Bertz CT molecular complexity index is 204. The maximum atomic E-state index is 11.1. The lowest BCUT2D eigenvalue weighted by Crippen LogP contribution is -2.44. The van der Waals surface area contributed by atoms with Gasteiger partial charge in [0, 0.05) is 19.8 Å². The minimum absolute atomic E-state index is 0.0212. The van der Waals surface area contributed by atoms with Crippen LogP contribution in [0.1, 0.15) is 13.8 Å². The Labute approximate surface area is 89.9 Å². The van der Waals surface area contributed by atoms with Gasteiger partial charge in [0.05, 0.1) is 6.61 Å². The van der Waals surface area contributed by atoms with E-state index in [1.54, 1.807) is 6.92 Å². The lowest BCUT2D eigenvalue weighted by molar-refractivity contribution is -0.365. The number of esters is 1. The molecule has 1 atom stereocenters. The van der Waals surface area contributed by atoms with Crippen molar-refractivity contribution in [2.75, 3.05) is 26.9 Å². The first-order valence-corrected chi connectivity index (χ1v) is 4.76. The highest BCUT2D eigenvalue weighted by molar-refractivity contribution is 5.81. The molecule has 88 valence electrons. The Kier molecular flexibility index (Phi) is 6.94. The number of rotatable bonds is 8. The number of methoxy groups -OCH3 is 1. The summed E-state index contributed by atoms with van der Waals surface area (Å²) in [6.45, 7) is 7.72. The Morgan fingerprint density at radius 1 is 1.40 bits per heavy atom. The van der Waals surface area contributed by atoms with Crippen LogP contribution in [0.25, 0.3) is 0 Å². The topological polar surface area (TPSA) is 54.0 Å². The summed E-state index contributed by atoms with van der Waals surface area (Å²) in [6.07, 6.45) is 1.04. The largest absolute Gasteiger partial charge is 0.402 e. The van der Waals surface area contributed by atoms with Gasteiger partial charge in [-0.05, 0) is 13.8 Å². The van der Waals surface area contributed by atoms with Crippen molar-refractivity contribution in [3.8, 4) is 0 Å². The van der Waals surface area contributed by atoms with Crippen LogP contribution in [0.4, 0.5) is 0 Å². The molecule has 0 bridgehead atoms. The van der Waals surface area contributed by atoms with Crippen molar-refractivity contribution in [2.45, 2.75) is 19.8 Å². The smallest absolute Gasteiger partial charge is 0.353 e. The highest BCUT2D eigenvalue weighted by atomic mass is 16.9. The minimum Gasteiger partial charge on any atom is -0.402 e. The van der Waals surface area contributed by atoms with E-state index >= 15 is 0 Å². The predicted octanol–water partition coefficient (Wildman–Crippen LogP) is 1.09. The van der Waals surface area contributed by atoms with Crippen LogP contribution in [0.2, 0.25) is 0 Å². The van der Waals surface area contributed by atoms with E-state index in [4.69, 9.17) is 18.9 Å². The molecule has 0 aromatic heterocycles. The van der Waals surface area contributed by atoms with E-state index in [1.807, 2.05) is 6.92 Å². The van der Waals surface area contributed by atoms with Crippen molar-refractivity contribution in [1.29, 1.82) is 0 Å². The predicted molar refractivity (Wildman–Crippen MR) is 54.1 cm³/mol. The summed E-state index contributed by atoms with van der Waals surface area (Å²) in [5.74, 6) is -2.10. The maximum Gasteiger partial charge on any atom is 0.353 e. The van der Waals surface area contributed by atoms with E-state index in [0.29, 0.717) is 13.2 Å². The van der Waals surface area contributed by atoms with Gasteiger partial charge in [0.2, 0.25) is 0 Å². The summed E-state index contributed by atoms with van der Waals surface area (Å²) in [6, 6.07) is 0. The van der Waals surface area contributed by atoms with Crippen molar-refractivity contribution >= 4 is 5.97 Å². The lowest BCUT2D eigenvalue weighted by Gasteiger charge is -2.29. The molecule has 0 aliphatic carbocycles. The minimum atomic E-state index is -1.48. The van der Waals surface area contributed by atoms with Crippen molar-refractivity contribution in [2.24, 2.45) is 0 Å². The van der Waals surface area contributed by atoms with E-state index in [0.717, 1.165) is 6.08 Å². The lowest BCUT2D eigenvalue weighted by atomic mass is 10.5. The molecule has 0 spiro atoms. The van der Waals surface area contributed by atoms with Gasteiger partial charge in [-0.25, -0.2) is 4.79 Å². The fraction of sp³-hybridized carbons (Fsp3) is 0.700. The first-order valence-electron chi connectivity index (χ1n) is 4.76. The molecule has 5 nitrogen and oxygen atoms in total. The summed E-state index contributed by atoms with van der Waals surface area (Å²) >= 11 is 0. The Morgan fingerprint density at radius 3 is 2.47 bits per heavy atom. The van der Waals surface area contributed by atoms with E-state index < -0.39 is 11.9 Å². The fourth-order valence-electron chi connectivity index (χ4n) is 0.902. The monoisotopic (exact) mass is 218 g/mol. The van der Waals surface area contributed by atoms with Crippen LogP contribution in [-0.2, 0) is 23.7 Å². The van der Waals surface area contributed by atoms with Crippen molar-refractivity contribution in [3.63, 3.8) is 0 Å². The summed E-state index contributed by atoms with van der Waals surface area (Å²) in [4.78, 5) is 11.1. The second-order valence-corrected chi connectivity index (χ2v) is 2.58. The average Bonchev–Trinajstić information content (AvgIpc) is 2.26. The highest BCUT2D eigenvalue weighted by Gasteiger charge is 2.35. The van der Waals surface area contributed by atoms with E-state index in [9.17, 15) is 4.79 Å². The molecular weight excluding hydrogens is 200 g/mol. The third kappa shape index (κ3) is 4.92. The molecule has 1 unspecified atom stereocenters. The molecule has 0 aliphatic rings. The quantitative estimate of drug-likeness (QED) is 0.347. The van der Waals surface area contributed by atoms with Gasteiger partial charge in [0.25, 0.3) is 0 Å². The van der Waals surface area contributed by atoms with Crippen LogP contribution < -0.4 is 0 Å². The molecule has 0 rings (SSSR count). The molecule has 5 heteroatoms. The standard InChI is InChI=1S/C10H18O5/c1-5-9(11)15-10(12-4,14-7-3)8-13-6-2/h5H,1,6-8H2,2-4H3. The van der Waals surface area contributed by atoms with Gasteiger partial charge in [-0.2, -0.15) is 0 Å². The molecule has 0 N–H and O–H groups in total. The Balaban J connectivity index is 4.47. The van der Waals surface area contributed by atoms with Gasteiger partial charge in [-0.15, -0.1) is 0 Å². The molecule has 0 fully saturated rings. The molecule has 0 aliphatic heterocycles. The zero-order valence-electron chi connectivity index (χ0n) is 9.45. The van der Waals surface area contributed by atoms with Crippen molar-refractivity contribution < 1.29 is 23.7 Å². The summed E-state index contributed by atoms with van der Waals surface area (Å²) < 4.78 is 20.3. The number of hydrogen-bond acceptors (Lipinski definition) is 5. The number of hydrogen-bond donors (Lipinski definition) is 0. The number of carbonyl (C=O) groups is 1. The van der Waals surface area contributed by atoms with E-state index in [-0.39, 0.29) is 6.61 Å². The Morgan fingerprint density at radius 2 is 2.07 bits per heavy atom.